The average molecular weight is 359 g/mol. The lowest BCUT2D eigenvalue weighted by Crippen LogP contribution is -2.46. The van der Waals surface area contributed by atoms with E-state index in [0.29, 0.717) is 5.70 Å². The van der Waals surface area contributed by atoms with Crippen molar-refractivity contribution in [3.8, 4) is 0 Å². The first kappa shape index (κ1) is 17.0. The van der Waals surface area contributed by atoms with Crippen LogP contribution >= 0.6 is 12.2 Å². The molecular weight excluding hydrogens is 344 g/mol. The van der Waals surface area contributed by atoms with E-state index in [0.717, 1.165) is 0 Å². The van der Waals surface area contributed by atoms with Crippen LogP contribution in [-0.2, 0) is 4.79 Å². The Labute approximate surface area is 148 Å². The van der Waals surface area contributed by atoms with E-state index in [1.54, 1.807) is 31.2 Å². The first-order valence-electron chi connectivity index (χ1n) is 7.56. The Kier molecular flexibility index (Phi) is 4.76. The van der Waals surface area contributed by atoms with Crippen molar-refractivity contribution in [3.05, 3.63) is 77.0 Å². The second-order valence-corrected chi connectivity index (χ2v) is 5.93. The number of halogens is 2. The number of benzene rings is 2. The summed E-state index contributed by atoms with van der Waals surface area (Å²) < 4.78 is 28.1. The summed E-state index contributed by atoms with van der Waals surface area (Å²) in [6, 6.07) is 11.2. The van der Waals surface area contributed by atoms with Gasteiger partial charge in [0.25, 0.3) is 5.91 Å². The van der Waals surface area contributed by atoms with E-state index in [-0.39, 0.29) is 21.9 Å². The molecule has 2 aromatic carbocycles. The van der Waals surface area contributed by atoms with Crippen molar-refractivity contribution >= 4 is 28.9 Å². The lowest BCUT2D eigenvalue weighted by molar-refractivity contribution is -0.113. The highest BCUT2D eigenvalue weighted by Gasteiger charge is 2.31. The van der Waals surface area contributed by atoms with Gasteiger partial charge in [-0.1, -0.05) is 30.3 Å². The SMILES string of the molecule is CC1=C(C(=O)Nc2ccccc2F)C(c2ccccc2F)NC(=S)N1. The van der Waals surface area contributed by atoms with Crippen molar-refractivity contribution in [1.29, 1.82) is 0 Å². The fourth-order valence-electron chi connectivity index (χ4n) is 2.69. The highest BCUT2D eigenvalue weighted by atomic mass is 32.1. The summed E-state index contributed by atoms with van der Waals surface area (Å²) >= 11 is 5.12. The minimum absolute atomic E-state index is 0.0493. The molecule has 3 rings (SSSR count). The zero-order valence-electron chi connectivity index (χ0n) is 13.3. The number of thiocarbonyl (C=S) groups is 1. The standard InChI is InChI=1S/C18H15F2N3OS/c1-10-15(17(24)22-14-9-5-4-8-13(14)20)16(23-18(25)21-10)11-6-2-3-7-12(11)19/h2-9,16H,1H3,(H,22,24)(H2,21,23,25). The number of hydrogen-bond acceptors (Lipinski definition) is 2. The molecule has 0 aromatic heterocycles. The first-order chi connectivity index (χ1) is 12.0. The van der Waals surface area contributed by atoms with Crippen molar-refractivity contribution in [2.24, 2.45) is 0 Å². The number of rotatable bonds is 3. The van der Waals surface area contributed by atoms with Gasteiger partial charge in [0.2, 0.25) is 0 Å². The van der Waals surface area contributed by atoms with E-state index in [9.17, 15) is 13.6 Å². The summed E-state index contributed by atoms with van der Waals surface area (Å²) in [5.74, 6) is -1.56. The summed E-state index contributed by atoms with van der Waals surface area (Å²) in [6.07, 6.45) is 0. The number of carbonyl (C=O) groups excluding carboxylic acids is 1. The Morgan fingerprint density at radius 1 is 1.08 bits per heavy atom. The monoisotopic (exact) mass is 359 g/mol. The fourth-order valence-corrected chi connectivity index (χ4v) is 2.96. The van der Waals surface area contributed by atoms with E-state index in [2.05, 4.69) is 16.0 Å². The molecule has 1 aliphatic heterocycles. The van der Waals surface area contributed by atoms with Crippen molar-refractivity contribution < 1.29 is 13.6 Å². The van der Waals surface area contributed by atoms with Gasteiger partial charge >= 0.3 is 0 Å². The van der Waals surface area contributed by atoms with E-state index < -0.39 is 23.6 Å². The van der Waals surface area contributed by atoms with Gasteiger partial charge in [-0.05, 0) is 37.3 Å². The number of hydrogen-bond donors (Lipinski definition) is 3. The summed E-state index contributed by atoms with van der Waals surface area (Å²) in [5.41, 5.74) is 1.05. The van der Waals surface area contributed by atoms with Crippen LogP contribution in [-0.4, -0.2) is 11.0 Å². The predicted octanol–water partition coefficient (Wildman–Crippen LogP) is 3.40. The zero-order chi connectivity index (χ0) is 18.0. The largest absolute Gasteiger partial charge is 0.351 e. The minimum atomic E-state index is -0.776. The van der Waals surface area contributed by atoms with Crippen molar-refractivity contribution in [2.75, 3.05) is 5.32 Å². The third kappa shape index (κ3) is 3.51. The first-order valence-corrected chi connectivity index (χ1v) is 7.97. The van der Waals surface area contributed by atoms with Crippen molar-refractivity contribution in [2.45, 2.75) is 13.0 Å². The second-order valence-electron chi connectivity index (χ2n) is 5.53. The Bertz CT molecular complexity index is 882. The molecule has 0 fully saturated rings. The molecule has 0 aliphatic carbocycles. The maximum atomic E-state index is 14.2. The van der Waals surface area contributed by atoms with Crippen LogP contribution in [0.1, 0.15) is 18.5 Å². The molecule has 0 saturated carbocycles. The van der Waals surface area contributed by atoms with E-state index in [1.807, 2.05) is 0 Å². The molecule has 4 nitrogen and oxygen atoms in total. The quantitative estimate of drug-likeness (QED) is 0.736. The van der Waals surface area contributed by atoms with Crippen LogP contribution in [0.3, 0.4) is 0 Å². The number of anilines is 1. The Morgan fingerprint density at radius 3 is 2.40 bits per heavy atom. The molecule has 1 heterocycles. The van der Waals surface area contributed by atoms with Crippen LogP contribution in [0.15, 0.2) is 59.8 Å². The van der Waals surface area contributed by atoms with Crippen LogP contribution in [0.25, 0.3) is 0 Å². The average Bonchev–Trinajstić information content (AvgIpc) is 2.56. The van der Waals surface area contributed by atoms with Crippen LogP contribution in [0, 0.1) is 11.6 Å². The van der Waals surface area contributed by atoms with Crippen LogP contribution in [0.4, 0.5) is 14.5 Å². The van der Waals surface area contributed by atoms with Gasteiger partial charge in [-0.2, -0.15) is 0 Å². The van der Waals surface area contributed by atoms with Gasteiger partial charge in [-0.25, -0.2) is 8.78 Å². The van der Waals surface area contributed by atoms with Gasteiger partial charge in [0.15, 0.2) is 5.11 Å². The topological polar surface area (TPSA) is 53.2 Å². The smallest absolute Gasteiger partial charge is 0.255 e. The van der Waals surface area contributed by atoms with Crippen molar-refractivity contribution in [3.63, 3.8) is 0 Å². The molecule has 0 bridgehead atoms. The maximum Gasteiger partial charge on any atom is 0.255 e. The summed E-state index contributed by atoms with van der Waals surface area (Å²) in [4.78, 5) is 12.8. The van der Waals surface area contributed by atoms with Gasteiger partial charge < -0.3 is 16.0 Å². The molecule has 25 heavy (non-hydrogen) atoms. The zero-order valence-corrected chi connectivity index (χ0v) is 14.1. The Balaban J connectivity index is 1.99. The molecule has 1 amide bonds. The third-order valence-electron chi connectivity index (χ3n) is 3.85. The minimum Gasteiger partial charge on any atom is -0.351 e. The molecule has 0 spiro atoms. The number of nitrogens with one attached hydrogen (secondary N) is 3. The Morgan fingerprint density at radius 2 is 1.72 bits per heavy atom. The number of amides is 1. The van der Waals surface area contributed by atoms with Gasteiger partial charge in [-0.15, -0.1) is 0 Å². The predicted molar refractivity (Wildman–Crippen MR) is 95.7 cm³/mol. The van der Waals surface area contributed by atoms with E-state index in [1.165, 1.54) is 24.3 Å². The van der Waals surface area contributed by atoms with Crippen molar-refractivity contribution in [1.82, 2.24) is 10.6 Å². The molecule has 0 radical (unpaired) electrons. The van der Waals surface area contributed by atoms with Crippen LogP contribution < -0.4 is 16.0 Å². The normalized spacial score (nSPS) is 16.9. The van der Waals surface area contributed by atoms with Gasteiger partial charge in [-0.3, -0.25) is 4.79 Å². The van der Waals surface area contributed by atoms with Gasteiger partial charge in [0.05, 0.1) is 17.3 Å². The van der Waals surface area contributed by atoms with E-state index >= 15 is 0 Å². The molecule has 0 saturated heterocycles. The Hall–Kier alpha value is -2.80. The molecule has 3 N–H and O–H groups in total. The molecule has 1 aliphatic rings. The lowest BCUT2D eigenvalue weighted by atomic mass is 9.94. The molecule has 2 aromatic rings. The molecule has 7 heteroatoms. The number of carbonyl (C=O) groups is 1. The number of para-hydroxylation sites is 1. The highest BCUT2D eigenvalue weighted by Crippen LogP contribution is 2.29. The summed E-state index contributed by atoms with van der Waals surface area (Å²) in [7, 11) is 0. The molecular formula is C18H15F2N3OS. The van der Waals surface area contributed by atoms with Gasteiger partial charge in [0.1, 0.15) is 11.6 Å². The lowest BCUT2D eigenvalue weighted by Gasteiger charge is -2.30. The number of allylic oxidation sites excluding steroid dienone is 1. The van der Waals surface area contributed by atoms with Gasteiger partial charge in [0, 0.05) is 11.3 Å². The van der Waals surface area contributed by atoms with E-state index in [4.69, 9.17) is 12.2 Å². The summed E-state index contributed by atoms with van der Waals surface area (Å²) in [5, 5.41) is 8.57. The third-order valence-corrected chi connectivity index (χ3v) is 4.07. The molecule has 128 valence electrons. The second kappa shape index (κ2) is 6.98. The molecule has 1 atom stereocenters. The fraction of sp³-hybridized carbons (Fsp3) is 0.111. The summed E-state index contributed by atoms with van der Waals surface area (Å²) in [6.45, 7) is 1.66. The van der Waals surface area contributed by atoms with Crippen LogP contribution in [0.5, 0.6) is 0 Å². The molecule has 1 unspecified atom stereocenters. The van der Waals surface area contributed by atoms with Crippen LogP contribution in [0.2, 0.25) is 0 Å². The highest BCUT2D eigenvalue weighted by molar-refractivity contribution is 7.80. The maximum absolute atomic E-state index is 14.2.